The highest BCUT2D eigenvalue weighted by molar-refractivity contribution is 7.99. The number of sulfonamides is 1. The van der Waals surface area contributed by atoms with Gasteiger partial charge in [0.25, 0.3) is 0 Å². The second-order valence-electron chi connectivity index (χ2n) is 16.8. The predicted molar refractivity (Wildman–Crippen MR) is 255 cm³/mol. The fourth-order valence-electron chi connectivity index (χ4n) is 9.63. The number of thioether (sulfide) groups is 1. The third-order valence-corrected chi connectivity index (χ3v) is 15.4. The molecule has 6 unspecified atom stereocenters. The Morgan fingerprint density at radius 2 is 1.68 bits per heavy atom. The number of rotatable bonds is 23. The van der Waals surface area contributed by atoms with E-state index in [2.05, 4.69) is 36.2 Å². The molecule has 7 rings (SSSR count). The number of fused-ring (bicyclic) bond motifs is 2. The first kappa shape index (κ1) is 48.0. The molecular formula is C51H61N3O9S2. The number of hydrogen-bond acceptors (Lipinski definition) is 11. The van der Waals surface area contributed by atoms with Crippen molar-refractivity contribution in [2.75, 3.05) is 44.5 Å². The van der Waals surface area contributed by atoms with Gasteiger partial charge in [-0.25, -0.2) is 8.42 Å². The minimum Gasteiger partial charge on any atom is -0.493 e. The molecule has 346 valence electrons. The number of ether oxygens (including phenoxy) is 3. The molecule has 1 saturated carbocycles. The Morgan fingerprint density at radius 1 is 0.969 bits per heavy atom. The van der Waals surface area contributed by atoms with Crippen LogP contribution in [-0.4, -0.2) is 85.6 Å². The summed E-state index contributed by atoms with van der Waals surface area (Å²) in [7, 11) is -2.68. The van der Waals surface area contributed by atoms with Crippen molar-refractivity contribution in [1.82, 2.24) is 4.31 Å². The van der Waals surface area contributed by atoms with Crippen LogP contribution in [0, 0.1) is 17.8 Å². The molecule has 0 saturated heterocycles. The van der Waals surface area contributed by atoms with E-state index in [1.807, 2.05) is 60.7 Å². The molecule has 1 heterocycles. The SMILES string of the molecule is C=CCOC12Oc3ccc(OCCSc4ccccc4)cc3C3C(CCCCO)C(CCCCO)C=C(C(=NOCc4ccccc4)CC1N(C)S(=O)(=O)c1ccc(NC(C)=O)cc1)C32. The molecule has 3 N–H and O–H groups in total. The Bertz CT molecular complexity index is 2380. The normalized spacial score (nSPS) is 22.9. The molecule has 6 atom stereocenters. The summed E-state index contributed by atoms with van der Waals surface area (Å²) in [4.78, 5) is 19.2. The number of oxime groups is 1. The Hall–Kier alpha value is -4.96. The summed E-state index contributed by atoms with van der Waals surface area (Å²) in [6.45, 7) is 6.28. The zero-order valence-corrected chi connectivity index (χ0v) is 38.9. The van der Waals surface area contributed by atoms with Crippen LogP contribution in [0.2, 0.25) is 0 Å². The number of nitrogens with one attached hydrogen (secondary N) is 1. The summed E-state index contributed by atoms with van der Waals surface area (Å²) >= 11 is 1.72. The molecule has 0 radical (unpaired) electrons. The number of aliphatic hydroxyl groups excluding tert-OH is 2. The number of allylic oxidation sites excluding steroid dienone is 1. The maximum absolute atomic E-state index is 14.9. The number of amides is 1. The van der Waals surface area contributed by atoms with E-state index in [0.29, 0.717) is 42.3 Å². The van der Waals surface area contributed by atoms with Gasteiger partial charge in [-0.15, -0.1) is 18.3 Å². The standard InChI is InChI=1S/C51H61N3O9S2/c1-4-29-61-51-48(54(3)65(58,59)42-24-21-39(22-25-42)52-36(2)57)34-46(53-62-35-37-15-7-5-8-16-37)44-32-38(17-11-13-27-55)43(20-12-14-28-56)49(50(44)51)45-33-40(23-26-47(45)63-51)60-30-31-64-41-18-9-6-10-19-41/h4-10,15-16,18-19,21-26,32-33,38,43,48-50,55-56H,1,11-14,17,20,27-31,34-35H2,2-3H3,(H,52,57). The molecule has 14 heteroatoms. The second-order valence-corrected chi connectivity index (χ2v) is 19.9. The highest BCUT2D eigenvalue weighted by Crippen LogP contribution is 2.62. The Kier molecular flexibility index (Phi) is 16.6. The minimum absolute atomic E-state index is 0.000654. The maximum Gasteiger partial charge on any atom is 0.243 e. The quantitative estimate of drug-likeness (QED) is 0.0284. The predicted octanol–water partition coefficient (Wildman–Crippen LogP) is 8.97. The van der Waals surface area contributed by atoms with Crippen LogP contribution in [-0.2, 0) is 31.0 Å². The van der Waals surface area contributed by atoms with E-state index in [9.17, 15) is 23.4 Å². The Balaban J connectivity index is 1.37. The van der Waals surface area contributed by atoms with Gasteiger partial charge in [0.15, 0.2) is 0 Å². The molecule has 1 amide bonds. The van der Waals surface area contributed by atoms with E-state index < -0.39 is 27.8 Å². The van der Waals surface area contributed by atoms with Gasteiger partial charge in [-0.3, -0.25) is 4.79 Å². The summed E-state index contributed by atoms with van der Waals surface area (Å²) in [5.41, 5.74) is 3.80. The van der Waals surface area contributed by atoms with Crippen molar-refractivity contribution < 1.29 is 42.5 Å². The zero-order chi connectivity index (χ0) is 45.8. The molecule has 2 aliphatic carbocycles. The van der Waals surface area contributed by atoms with Gasteiger partial charge in [0.1, 0.15) is 18.1 Å². The van der Waals surface area contributed by atoms with Crippen LogP contribution in [0.1, 0.15) is 68.9 Å². The number of aliphatic hydroxyl groups is 2. The van der Waals surface area contributed by atoms with Crippen molar-refractivity contribution in [2.45, 2.75) is 86.0 Å². The van der Waals surface area contributed by atoms with E-state index in [0.717, 1.165) is 53.0 Å². The van der Waals surface area contributed by atoms with Crippen molar-refractivity contribution in [3.63, 3.8) is 0 Å². The molecule has 4 aromatic rings. The molecule has 12 nitrogen and oxygen atoms in total. The largest absolute Gasteiger partial charge is 0.493 e. The first-order chi connectivity index (χ1) is 31.6. The number of carbonyl (C=O) groups is 1. The van der Waals surface area contributed by atoms with E-state index in [4.69, 9.17) is 24.2 Å². The lowest BCUT2D eigenvalue weighted by Crippen LogP contribution is -2.69. The van der Waals surface area contributed by atoms with Gasteiger partial charge in [-0.05, 0) is 103 Å². The number of unbranched alkanes of at least 4 members (excludes halogenated alkanes) is 2. The zero-order valence-electron chi connectivity index (χ0n) is 37.2. The number of likely N-dealkylation sites (N-methyl/N-ethyl adjacent to an activating group) is 1. The van der Waals surface area contributed by atoms with Crippen LogP contribution < -0.4 is 14.8 Å². The van der Waals surface area contributed by atoms with E-state index in [1.165, 1.54) is 23.4 Å². The van der Waals surface area contributed by atoms with Gasteiger partial charge >= 0.3 is 0 Å². The summed E-state index contributed by atoms with van der Waals surface area (Å²) < 4.78 is 51.9. The van der Waals surface area contributed by atoms with Crippen LogP contribution in [0.4, 0.5) is 5.69 Å². The Labute approximate surface area is 387 Å². The summed E-state index contributed by atoms with van der Waals surface area (Å²) in [5.74, 6) is -0.664. The molecule has 0 aromatic heterocycles. The van der Waals surface area contributed by atoms with Gasteiger partial charge < -0.3 is 34.6 Å². The average Bonchev–Trinajstić information content (AvgIpc) is 3.31. The fourth-order valence-corrected chi connectivity index (χ4v) is 11.8. The van der Waals surface area contributed by atoms with Gasteiger partial charge in [-0.2, -0.15) is 4.31 Å². The topological polar surface area (TPSA) is 156 Å². The molecular weight excluding hydrogens is 863 g/mol. The minimum atomic E-state index is -4.24. The lowest BCUT2D eigenvalue weighted by molar-refractivity contribution is -0.250. The molecule has 1 fully saturated rings. The number of anilines is 1. The van der Waals surface area contributed by atoms with Crippen LogP contribution in [0.5, 0.6) is 11.5 Å². The number of nitrogens with zero attached hydrogens (tertiary/aromatic N) is 2. The first-order valence-electron chi connectivity index (χ1n) is 22.5. The Morgan fingerprint density at radius 3 is 2.37 bits per heavy atom. The van der Waals surface area contributed by atoms with Crippen molar-refractivity contribution in [1.29, 1.82) is 0 Å². The number of benzene rings is 4. The fraction of sp³-hybridized carbons (Fsp3) is 0.412. The molecule has 0 spiro atoms. The van der Waals surface area contributed by atoms with Crippen LogP contribution in [0.25, 0.3) is 0 Å². The highest BCUT2D eigenvalue weighted by Gasteiger charge is 2.65. The van der Waals surface area contributed by atoms with Crippen LogP contribution >= 0.6 is 11.8 Å². The molecule has 3 aliphatic rings. The van der Waals surface area contributed by atoms with Crippen LogP contribution in [0.15, 0.2) is 142 Å². The molecule has 0 bridgehead atoms. The summed E-state index contributed by atoms with van der Waals surface area (Å²) in [5, 5.41) is 27.5. The van der Waals surface area contributed by atoms with E-state index in [-0.39, 0.29) is 61.4 Å². The highest BCUT2D eigenvalue weighted by atomic mass is 32.2. The van der Waals surface area contributed by atoms with Crippen LogP contribution in [0.3, 0.4) is 0 Å². The molecule has 65 heavy (non-hydrogen) atoms. The lowest BCUT2D eigenvalue weighted by atomic mass is 9.55. The second kappa shape index (κ2) is 22.5. The maximum atomic E-state index is 14.9. The summed E-state index contributed by atoms with van der Waals surface area (Å²) in [6.07, 6.45) is 8.42. The third-order valence-electron chi connectivity index (χ3n) is 12.5. The number of hydrogen-bond donors (Lipinski definition) is 3. The lowest BCUT2D eigenvalue weighted by Gasteiger charge is -2.59. The van der Waals surface area contributed by atoms with E-state index >= 15 is 0 Å². The van der Waals surface area contributed by atoms with Gasteiger partial charge in [0.2, 0.25) is 21.7 Å². The monoisotopic (exact) mass is 923 g/mol. The van der Waals surface area contributed by atoms with Gasteiger partial charge in [0, 0.05) is 61.4 Å². The van der Waals surface area contributed by atoms with Crippen molar-refractivity contribution >= 4 is 39.1 Å². The third kappa shape index (κ3) is 11.2. The van der Waals surface area contributed by atoms with Gasteiger partial charge in [0.05, 0.1) is 35.8 Å². The smallest absolute Gasteiger partial charge is 0.243 e. The van der Waals surface area contributed by atoms with Crippen molar-refractivity contribution in [3.8, 4) is 11.5 Å². The number of carbonyl (C=O) groups excluding carboxylic acids is 1. The molecule has 1 aliphatic heterocycles. The average molecular weight is 924 g/mol. The van der Waals surface area contributed by atoms with Crippen molar-refractivity contribution in [2.24, 2.45) is 22.9 Å². The first-order valence-corrected chi connectivity index (χ1v) is 24.9. The van der Waals surface area contributed by atoms with Crippen molar-refractivity contribution in [3.05, 3.63) is 139 Å². The van der Waals surface area contributed by atoms with E-state index in [1.54, 1.807) is 37.0 Å². The molecule has 4 aromatic carbocycles. The van der Waals surface area contributed by atoms with Gasteiger partial charge in [-0.1, -0.05) is 78.7 Å². The summed E-state index contributed by atoms with van der Waals surface area (Å²) in [6, 6.07) is 31.0.